The van der Waals surface area contributed by atoms with Gasteiger partial charge in [0.1, 0.15) is 0 Å². The molecule has 28 heavy (non-hydrogen) atoms. The van der Waals surface area contributed by atoms with Crippen LogP contribution < -0.4 is 10.0 Å². The van der Waals surface area contributed by atoms with Crippen LogP contribution in [0.2, 0.25) is 0 Å². The van der Waals surface area contributed by atoms with Crippen LogP contribution in [-0.4, -0.2) is 32.9 Å². The Morgan fingerprint density at radius 3 is 2.39 bits per heavy atom. The molecular weight excluding hydrogens is 394 g/mol. The number of benzene rings is 2. The van der Waals surface area contributed by atoms with E-state index < -0.39 is 44.5 Å². The second kappa shape index (κ2) is 9.38. The zero-order chi connectivity index (χ0) is 20.7. The van der Waals surface area contributed by atoms with Crippen LogP contribution in [0.3, 0.4) is 0 Å². The molecule has 0 fully saturated rings. The van der Waals surface area contributed by atoms with Crippen molar-refractivity contribution < 1.29 is 31.5 Å². The van der Waals surface area contributed by atoms with Crippen molar-refractivity contribution in [1.82, 2.24) is 4.72 Å². The summed E-state index contributed by atoms with van der Waals surface area (Å²) in [5.41, 5.74) is 0.537. The van der Waals surface area contributed by atoms with Crippen molar-refractivity contribution in [3.63, 3.8) is 0 Å². The number of sulfonamides is 1. The molecule has 0 heterocycles. The molecule has 2 rings (SSSR count). The maximum Gasteiger partial charge on any atom is 0.307 e. The molecule has 1 atom stereocenters. The highest BCUT2D eigenvalue weighted by molar-refractivity contribution is 7.89. The van der Waals surface area contributed by atoms with Gasteiger partial charge >= 0.3 is 5.97 Å². The Morgan fingerprint density at radius 1 is 1.07 bits per heavy atom. The number of esters is 1. The van der Waals surface area contributed by atoms with E-state index in [-0.39, 0.29) is 13.0 Å². The van der Waals surface area contributed by atoms with Crippen molar-refractivity contribution in [2.24, 2.45) is 0 Å². The Bertz CT molecular complexity index is 952. The molecule has 2 aromatic carbocycles. The Morgan fingerprint density at radius 2 is 1.75 bits per heavy atom. The summed E-state index contributed by atoms with van der Waals surface area (Å²) in [4.78, 5) is 23.3. The SMILES string of the molecule is C[C@H](OC(=O)CCNS(=O)(=O)c1ccc(F)c(F)c1)C(=O)Nc1ccccc1. The molecule has 0 saturated heterocycles. The maximum atomic E-state index is 13.2. The molecular formula is C18H18F2N2O5S. The third kappa shape index (κ3) is 6.10. The van der Waals surface area contributed by atoms with Crippen LogP contribution in [0.5, 0.6) is 0 Å². The lowest BCUT2D eigenvalue weighted by Crippen LogP contribution is -2.32. The fourth-order valence-corrected chi connectivity index (χ4v) is 3.13. The third-order valence-electron chi connectivity index (χ3n) is 3.54. The van der Waals surface area contributed by atoms with Crippen molar-refractivity contribution in [2.75, 3.05) is 11.9 Å². The Balaban J connectivity index is 1.81. The molecule has 0 spiro atoms. The largest absolute Gasteiger partial charge is 0.452 e. The number of halogens is 2. The number of hydrogen-bond acceptors (Lipinski definition) is 5. The molecule has 7 nitrogen and oxygen atoms in total. The van der Waals surface area contributed by atoms with Gasteiger partial charge in [-0.05, 0) is 37.3 Å². The summed E-state index contributed by atoms with van der Waals surface area (Å²) in [6, 6.07) is 10.7. The molecule has 0 radical (unpaired) electrons. The topological polar surface area (TPSA) is 102 Å². The van der Waals surface area contributed by atoms with E-state index in [1.807, 2.05) is 0 Å². The summed E-state index contributed by atoms with van der Waals surface area (Å²) in [7, 11) is -4.12. The second-order valence-corrected chi connectivity index (χ2v) is 7.48. The van der Waals surface area contributed by atoms with Crippen molar-refractivity contribution in [1.29, 1.82) is 0 Å². The highest BCUT2D eigenvalue weighted by Crippen LogP contribution is 2.13. The van der Waals surface area contributed by atoms with Gasteiger partial charge in [-0.15, -0.1) is 0 Å². The molecule has 0 bridgehead atoms. The number of amides is 1. The minimum Gasteiger partial charge on any atom is -0.452 e. The fourth-order valence-electron chi connectivity index (χ4n) is 2.09. The number of hydrogen-bond donors (Lipinski definition) is 2. The quantitative estimate of drug-likeness (QED) is 0.648. The molecule has 0 aliphatic carbocycles. The lowest BCUT2D eigenvalue weighted by molar-refractivity contribution is -0.152. The van der Waals surface area contributed by atoms with E-state index in [0.717, 1.165) is 6.07 Å². The van der Waals surface area contributed by atoms with Gasteiger partial charge in [-0.1, -0.05) is 18.2 Å². The Labute approximate surface area is 160 Å². The van der Waals surface area contributed by atoms with Crippen LogP contribution in [0.4, 0.5) is 14.5 Å². The lowest BCUT2D eigenvalue weighted by Gasteiger charge is -2.13. The first-order chi connectivity index (χ1) is 13.2. The van der Waals surface area contributed by atoms with E-state index in [4.69, 9.17) is 4.74 Å². The molecule has 0 saturated carbocycles. The highest BCUT2D eigenvalue weighted by Gasteiger charge is 2.20. The zero-order valence-electron chi connectivity index (χ0n) is 14.8. The molecule has 0 unspecified atom stereocenters. The van der Waals surface area contributed by atoms with E-state index in [9.17, 15) is 26.8 Å². The molecule has 0 aliphatic heterocycles. The van der Waals surface area contributed by atoms with E-state index in [1.165, 1.54) is 6.92 Å². The summed E-state index contributed by atoms with van der Waals surface area (Å²) >= 11 is 0. The van der Waals surface area contributed by atoms with E-state index in [0.29, 0.717) is 17.8 Å². The first-order valence-corrected chi connectivity index (χ1v) is 9.67. The standard InChI is InChI=1S/C18H18F2N2O5S/c1-12(18(24)22-13-5-3-2-4-6-13)27-17(23)9-10-21-28(25,26)14-7-8-15(19)16(20)11-14/h2-8,11-12,21H,9-10H2,1H3,(H,22,24)/t12-/m0/s1. The fraction of sp³-hybridized carbons (Fsp3) is 0.222. The summed E-state index contributed by atoms with van der Waals surface area (Å²) in [5.74, 6) is -3.82. The van der Waals surface area contributed by atoms with E-state index in [2.05, 4.69) is 10.0 Å². The van der Waals surface area contributed by atoms with Gasteiger partial charge in [-0.25, -0.2) is 21.9 Å². The minimum atomic E-state index is -4.12. The van der Waals surface area contributed by atoms with Gasteiger partial charge in [0.15, 0.2) is 17.7 Å². The van der Waals surface area contributed by atoms with Crippen LogP contribution in [-0.2, 0) is 24.3 Å². The molecule has 2 aromatic rings. The number of carbonyl (C=O) groups is 2. The number of para-hydroxylation sites is 1. The normalized spacial score (nSPS) is 12.2. The van der Waals surface area contributed by atoms with Gasteiger partial charge in [-0.3, -0.25) is 9.59 Å². The Hall–Kier alpha value is -2.85. The molecule has 1 amide bonds. The summed E-state index contributed by atoms with van der Waals surface area (Å²) in [6.07, 6.45) is -1.44. The first-order valence-electron chi connectivity index (χ1n) is 8.19. The average molecular weight is 412 g/mol. The number of carbonyl (C=O) groups excluding carboxylic acids is 2. The van der Waals surface area contributed by atoms with Gasteiger partial charge in [0, 0.05) is 12.2 Å². The van der Waals surface area contributed by atoms with E-state index in [1.54, 1.807) is 30.3 Å². The van der Waals surface area contributed by atoms with Crippen molar-refractivity contribution in [3.8, 4) is 0 Å². The van der Waals surface area contributed by atoms with Crippen molar-refractivity contribution in [3.05, 3.63) is 60.2 Å². The molecule has 150 valence electrons. The maximum absolute atomic E-state index is 13.2. The lowest BCUT2D eigenvalue weighted by atomic mass is 10.3. The van der Waals surface area contributed by atoms with Gasteiger partial charge in [0.2, 0.25) is 10.0 Å². The van der Waals surface area contributed by atoms with E-state index >= 15 is 0 Å². The smallest absolute Gasteiger partial charge is 0.307 e. The van der Waals surface area contributed by atoms with Gasteiger partial charge < -0.3 is 10.1 Å². The van der Waals surface area contributed by atoms with Crippen LogP contribution in [0.1, 0.15) is 13.3 Å². The summed E-state index contributed by atoms with van der Waals surface area (Å²) in [5, 5.41) is 2.56. The van der Waals surface area contributed by atoms with Crippen molar-refractivity contribution in [2.45, 2.75) is 24.3 Å². The molecule has 2 N–H and O–H groups in total. The van der Waals surface area contributed by atoms with Crippen LogP contribution in [0.15, 0.2) is 53.4 Å². The number of anilines is 1. The second-order valence-electron chi connectivity index (χ2n) is 5.71. The monoisotopic (exact) mass is 412 g/mol. The number of rotatable bonds is 8. The summed E-state index contributed by atoms with van der Waals surface area (Å²) < 4.78 is 57.1. The molecule has 10 heteroatoms. The number of ether oxygens (including phenoxy) is 1. The highest BCUT2D eigenvalue weighted by atomic mass is 32.2. The summed E-state index contributed by atoms with van der Waals surface area (Å²) in [6.45, 7) is 1.04. The minimum absolute atomic E-state index is 0.340. The molecule has 0 aliphatic rings. The Kier molecular flexibility index (Phi) is 7.18. The average Bonchev–Trinajstić information content (AvgIpc) is 2.64. The predicted molar refractivity (Wildman–Crippen MR) is 96.8 cm³/mol. The first kappa shape index (κ1) is 21.5. The van der Waals surface area contributed by atoms with Gasteiger partial charge in [0.25, 0.3) is 5.91 Å². The van der Waals surface area contributed by atoms with Gasteiger partial charge in [-0.2, -0.15) is 0 Å². The zero-order valence-corrected chi connectivity index (χ0v) is 15.6. The van der Waals surface area contributed by atoms with Gasteiger partial charge in [0.05, 0.1) is 11.3 Å². The van der Waals surface area contributed by atoms with Crippen LogP contribution >= 0.6 is 0 Å². The van der Waals surface area contributed by atoms with Crippen LogP contribution in [0.25, 0.3) is 0 Å². The number of nitrogens with one attached hydrogen (secondary N) is 2. The van der Waals surface area contributed by atoms with Crippen molar-refractivity contribution >= 4 is 27.6 Å². The third-order valence-corrected chi connectivity index (χ3v) is 5.00. The molecule has 0 aromatic heterocycles. The predicted octanol–water partition coefficient (Wildman–Crippen LogP) is 2.20. The van der Waals surface area contributed by atoms with Crippen LogP contribution in [0, 0.1) is 11.6 Å².